The zero-order chi connectivity index (χ0) is 12.8. The van der Waals surface area contributed by atoms with Gasteiger partial charge in [-0.1, -0.05) is 24.3 Å². The zero-order valence-corrected chi connectivity index (χ0v) is 10.5. The number of benzene rings is 2. The van der Waals surface area contributed by atoms with Gasteiger partial charge in [0.05, 0.1) is 27.1 Å². The van der Waals surface area contributed by atoms with Gasteiger partial charge in [0.2, 0.25) is 0 Å². The van der Waals surface area contributed by atoms with Gasteiger partial charge in [-0.3, -0.25) is 5.84 Å². The summed E-state index contributed by atoms with van der Waals surface area (Å²) in [4.78, 5) is 4.14. The molecular formula is C13H14N4S. The largest absolute Gasteiger partial charge is 0.397 e. The van der Waals surface area contributed by atoms with E-state index in [1.54, 1.807) is 17.4 Å². The Hall–Kier alpha value is -2.11. The monoisotopic (exact) mass is 258 g/mol. The molecule has 0 atom stereocenters. The maximum absolute atomic E-state index is 5.49. The smallest absolute Gasteiger partial charge is 0.0812 e. The first-order valence-electron chi connectivity index (χ1n) is 5.40. The maximum Gasteiger partial charge on any atom is 0.0812 e. The van der Waals surface area contributed by atoms with Crippen molar-refractivity contribution in [3.05, 3.63) is 54.0 Å². The van der Waals surface area contributed by atoms with Crippen LogP contribution in [0.25, 0.3) is 10.2 Å². The number of nitrogens with zero attached hydrogens (tertiary/aromatic N) is 1. The van der Waals surface area contributed by atoms with E-state index in [0.29, 0.717) is 5.69 Å². The minimum Gasteiger partial charge on any atom is -0.397 e. The van der Waals surface area contributed by atoms with Crippen LogP contribution in [0.4, 0.5) is 11.4 Å². The van der Waals surface area contributed by atoms with Gasteiger partial charge in [-0.25, -0.2) is 4.98 Å². The average Bonchev–Trinajstić information content (AvgIpc) is 2.88. The minimum absolute atomic E-state index is 0.667. The van der Waals surface area contributed by atoms with Gasteiger partial charge in [0.25, 0.3) is 0 Å². The topological polar surface area (TPSA) is 77.0 Å². The van der Waals surface area contributed by atoms with Crippen molar-refractivity contribution in [2.75, 3.05) is 11.2 Å². The van der Waals surface area contributed by atoms with Crippen molar-refractivity contribution < 1.29 is 0 Å². The van der Waals surface area contributed by atoms with E-state index in [0.717, 1.165) is 11.2 Å². The maximum atomic E-state index is 5.49. The summed E-state index contributed by atoms with van der Waals surface area (Å²) in [6.45, 7) is 0. The highest BCUT2D eigenvalue weighted by Crippen LogP contribution is 2.15. The zero-order valence-electron chi connectivity index (χ0n) is 9.71. The van der Waals surface area contributed by atoms with Gasteiger partial charge in [-0.05, 0) is 24.3 Å². The predicted octanol–water partition coefficient (Wildman–Crippen LogP) is 2.85. The van der Waals surface area contributed by atoms with Crippen LogP contribution in [0.2, 0.25) is 0 Å². The first-order valence-corrected chi connectivity index (χ1v) is 6.28. The summed E-state index contributed by atoms with van der Waals surface area (Å²) in [7, 11) is 0. The van der Waals surface area contributed by atoms with Crippen molar-refractivity contribution in [1.29, 1.82) is 0 Å². The number of nitrogens with two attached hydrogens (primary N) is 2. The number of rotatable bonds is 1. The lowest BCUT2D eigenvalue weighted by Crippen LogP contribution is -2.08. The number of hydrazine groups is 1. The number of thiazole rings is 1. The Balaban J connectivity index is 0.000000134. The molecule has 0 unspecified atom stereocenters. The molecule has 18 heavy (non-hydrogen) atoms. The fourth-order valence-corrected chi connectivity index (χ4v) is 2.11. The molecule has 3 rings (SSSR count). The molecule has 0 radical (unpaired) electrons. The van der Waals surface area contributed by atoms with E-state index in [4.69, 9.17) is 11.6 Å². The molecule has 0 bridgehead atoms. The highest BCUT2D eigenvalue weighted by Gasteiger charge is 1.90. The number of hydrogen-bond donors (Lipinski definition) is 3. The highest BCUT2D eigenvalue weighted by molar-refractivity contribution is 7.16. The average molecular weight is 258 g/mol. The molecule has 0 saturated heterocycles. The summed E-state index contributed by atoms with van der Waals surface area (Å²) in [5.74, 6) is 5.12. The number of nitrogens with one attached hydrogen (secondary N) is 1. The van der Waals surface area contributed by atoms with Crippen molar-refractivity contribution in [3.63, 3.8) is 0 Å². The Bertz CT molecular complexity index is 591. The van der Waals surface area contributed by atoms with E-state index < -0.39 is 0 Å². The Morgan fingerprint density at radius 1 is 1.00 bits per heavy atom. The summed E-state index contributed by atoms with van der Waals surface area (Å²) < 4.78 is 1.26. The molecule has 5 N–H and O–H groups in total. The first-order chi connectivity index (χ1) is 8.81. The van der Waals surface area contributed by atoms with E-state index in [2.05, 4.69) is 16.5 Å². The Labute approximate surface area is 109 Å². The van der Waals surface area contributed by atoms with Crippen molar-refractivity contribution in [1.82, 2.24) is 4.98 Å². The number of aromatic nitrogens is 1. The second-order valence-electron chi connectivity index (χ2n) is 3.55. The van der Waals surface area contributed by atoms with Crippen LogP contribution in [0.5, 0.6) is 0 Å². The lowest BCUT2D eigenvalue weighted by atomic mass is 10.3. The van der Waals surface area contributed by atoms with Gasteiger partial charge in [0, 0.05) is 0 Å². The fourth-order valence-electron chi connectivity index (χ4n) is 1.43. The van der Waals surface area contributed by atoms with Gasteiger partial charge < -0.3 is 11.2 Å². The molecule has 92 valence electrons. The van der Waals surface area contributed by atoms with Crippen LogP contribution in [-0.4, -0.2) is 4.98 Å². The molecule has 4 nitrogen and oxygen atoms in total. The summed E-state index contributed by atoms with van der Waals surface area (Å²) in [5.41, 5.74) is 12.4. The SMILES string of the molecule is NNc1ccccc1N.c1ccc2scnc2c1. The van der Waals surface area contributed by atoms with Gasteiger partial charge in [-0.2, -0.15) is 0 Å². The van der Waals surface area contributed by atoms with Crippen LogP contribution < -0.4 is 17.0 Å². The molecule has 0 aliphatic heterocycles. The third-order valence-corrected chi connectivity index (χ3v) is 3.16. The third kappa shape index (κ3) is 2.97. The normalized spacial score (nSPS) is 9.61. The van der Waals surface area contributed by atoms with Crippen LogP contribution in [0.3, 0.4) is 0 Å². The molecule has 0 fully saturated rings. The Morgan fingerprint density at radius 2 is 1.72 bits per heavy atom. The van der Waals surface area contributed by atoms with Gasteiger partial charge in [0.15, 0.2) is 0 Å². The van der Waals surface area contributed by atoms with Crippen molar-refractivity contribution in [2.45, 2.75) is 0 Å². The molecule has 0 aliphatic carbocycles. The van der Waals surface area contributed by atoms with Crippen LogP contribution in [0.1, 0.15) is 0 Å². The second-order valence-corrected chi connectivity index (χ2v) is 4.44. The van der Waals surface area contributed by atoms with E-state index in [9.17, 15) is 0 Å². The molecule has 0 spiro atoms. The van der Waals surface area contributed by atoms with E-state index in [-0.39, 0.29) is 0 Å². The molecular weight excluding hydrogens is 244 g/mol. The molecule has 0 aliphatic rings. The second kappa shape index (κ2) is 6.00. The summed E-state index contributed by atoms with van der Waals surface area (Å²) in [6, 6.07) is 15.5. The highest BCUT2D eigenvalue weighted by atomic mass is 32.1. The standard InChI is InChI=1S/C7H5NS.C6H9N3/c1-2-4-7-6(3-1)8-5-9-7;7-5-3-1-2-4-6(5)9-8/h1-5H;1-4,9H,7-8H2. The van der Waals surface area contributed by atoms with Gasteiger partial charge >= 0.3 is 0 Å². The number of anilines is 2. The van der Waals surface area contributed by atoms with Gasteiger partial charge in [-0.15, -0.1) is 11.3 Å². The summed E-state index contributed by atoms with van der Waals surface area (Å²) >= 11 is 1.68. The quantitative estimate of drug-likeness (QED) is 0.356. The first kappa shape index (κ1) is 12.3. The molecule has 3 aromatic rings. The van der Waals surface area contributed by atoms with Crippen LogP contribution in [-0.2, 0) is 0 Å². The molecule has 5 heteroatoms. The number of hydrogen-bond acceptors (Lipinski definition) is 5. The fraction of sp³-hybridized carbons (Fsp3) is 0. The molecule has 2 aromatic carbocycles. The van der Waals surface area contributed by atoms with E-state index in [1.807, 2.05) is 41.9 Å². The van der Waals surface area contributed by atoms with Gasteiger partial charge in [0.1, 0.15) is 0 Å². The van der Waals surface area contributed by atoms with Crippen molar-refractivity contribution in [3.8, 4) is 0 Å². The number of para-hydroxylation sites is 3. The third-order valence-electron chi connectivity index (χ3n) is 2.35. The molecule has 1 heterocycles. The predicted molar refractivity (Wildman–Crippen MR) is 78.3 cm³/mol. The Morgan fingerprint density at radius 3 is 2.39 bits per heavy atom. The summed E-state index contributed by atoms with van der Waals surface area (Å²) in [5, 5.41) is 0. The molecule has 0 saturated carbocycles. The number of nitrogen functional groups attached to an aromatic ring is 2. The summed E-state index contributed by atoms with van der Waals surface area (Å²) in [6.07, 6.45) is 0. The molecule has 0 amide bonds. The van der Waals surface area contributed by atoms with E-state index >= 15 is 0 Å². The van der Waals surface area contributed by atoms with Crippen LogP contribution in [0, 0.1) is 0 Å². The number of fused-ring (bicyclic) bond motifs is 1. The van der Waals surface area contributed by atoms with Crippen LogP contribution >= 0.6 is 11.3 Å². The van der Waals surface area contributed by atoms with Crippen LogP contribution in [0.15, 0.2) is 54.0 Å². The lowest BCUT2D eigenvalue weighted by Gasteiger charge is -2.00. The molecule has 1 aromatic heterocycles. The van der Waals surface area contributed by atoms with Crippen molar-refractivity contribution in [2.24, 2.45) is 5.84 Å². The minimum atomic E-state index is 0.667. The lowest BCUT2D eigenvalue weighted by molar-refractivity contribution is 1.35. The van der Waals surface area contributed by atoms with E-state index in [1.165, 1.54) is 4.70 Å². The Kier molecular flexibility index (Phi) is 4.11. The van der Waals surface area contributed by atoms with Crippen molar-refractivity contribution >= 4 is 32.9 Å².